The van der Waals surface area contributed by atoms with Crippen LogP contribution < -0.4 is 16.0 Å². The number of piperidine rings is 1. The molecule has 0 aromatic carbocycles. The second kappa shape index (κ2) is 10.8. The Bertz CT molecular complexity index is 951. The van der Waals surface area contributed by atoms with Crippen molar-refractivity contribution in [3.63, 3.8) is 0 Å². The van der Waals surface area contributed by atoms with Crippen LogP contribution in [0.4, 0.5) is 4.79 Å². The van der Waals surface area contributed by atoms with E-state index in [1.165, 1.54) is 6.08 Å². The standard InChI is InChI=1S/C27H42N4O6/c1-8-10-17(21(32)23(34)28-13-9-2)29-22(33)20-18-16(27(18,6)7)14-31(20)24(35)19(15-11-12-15)30-25(36)37-26(3,4)5/h9,15-20H,2,8,10-14H2,1,3-7H3,(H,28,34)(H,29,33)(H,30,36)/t16?,17-,18+,19+,20+/m1/s1. The van der Waals surface area contributed by atoms with Gasteiger partial charge in [0.25, 0.3) is 5.91 Å². The third kappa shape index (κ3) is 6.51. The van der Waals surface area contributed by atoms with Crippen LogP contribution in [0.3, 0.4) is 0 Å². The number of fused-ring (bicyclic) bond motifs is 1. The van der Waals surface area contributed by atoms with Gasteiger partial charge >= 0.3 is 6.09 Å². The highest BCUT2D eigenvalue weighted by atomic mass is 16.6. The molecule has 3 N–H and O–H groups in total. The molecule has 1 saturated heterocycles. The minimum absolute atomic E-state index is 0.00311. The van der Waals surface area contributed by atoms with Crippen LogP contribution in [0.25, 0.3) is 0 Å². The van der Waals surface area contributed by atoms with Crippen LogP contribution in [0.5, 0.6) is 0 Å². The summed E-state index contributed by atoms with van der Waals surface area (Å²) in [6.07, 6.45) is 3.30. The van der Waals surface area contributed by atoms with Crippen molar-refractivity contribution in [2.24, 2.45) is 23.2 Å². The van der Waals surface area contributed by atoms with Gasteiger partial charge in [-0.1, -0.05) is 33.3 Å². The number of hydrogen-bond donors (Lipinski definition) is 3. The van der Waals surface area contributed by atoms with E-state index in [0.717, 1.165) is 12.8 Å². The van der Waals surface area contributed by atoms with Crippen molar-refractivity contribution in [2.45, 2.75) is 91.0 Å². The van der Waals surface area contributed by atoms with Crippen LogP contribution in [0.2, 0.25) is 0 Å². The fourth-order valence-electron chi connectivity index (χ4n) is 5.46. The van der Waals surface area contributed by atoms with Gasteiger partial charge in [-0.3, -0.25) is 19.2 Å². The van der Waals surface area contributed by atoms with E-state index in [2.05, 4.69) is 36.4 Å². The van der Waals surface area contributed by atoms with Gasteiger partial charge < -0.3 is 25.6 Å². The Hall–Kier alpha value is -2.91. The lowest BCUT2D eigenvalue weighted by molar-refractivity contribution is -0.144. The number of likely N-dealkylation sites (tertiary alicyclic amines) is 1. The van der Waals surface area contributed by atoms with Crippen LogP contribution >= 0.6 is 0 Å². The highest BCUT2D eigenvalue weighted by molar-refractivity contribution is 6.38. The number of ketones is 1. The van der Waals surface area contributed by atoms with Crippen molar-refractivity contribution in [3.8, 4) is 0 Å². The Balaban J connectivity index is 1.77. The number of carbonyl (C=O) groups excluding carboxylic acids is 5. The van der Waals surface area contributed by atoms with Gasteiger partial charge in [0, 0.05) is 13.1 Å². The molecule has 0 aromatic heterocycles. The Morgan fingerprint density at radius 1 is 1.14 bits per heavy atom. The minimum atomic E-state index is -0.987. The first-order chi connectivity index (χ1) is 17.2. The number of Topliss-reactive ketones (excluding diaryl/α,β-unsaturated/α-hetero) is 1. The molecule has 0 bridgehead atoms. The highest BCUT2D eigenvalue weighted by Crippen LogP contribution is 2.65. The van der Waals surface area contributed by atoms with E-state index in [-0.39, 0.29) is 35.6 Å². The molecule has 2 aliphatic carbocycles. The summed E-state index contributed by atoms with van der Waals surface area (Å²) in [6, 6.07) is -2.54. The average Bonchev–Trinajstić information content (AvgIpc) is 3.67. The second-order valence-corrected chi connectivity index (χ2v) is 12.1. The predicted molar refractivity (Wildman–Crippen MR) is 137 cm³/mol. The fraction of sp³-hybridized carbons (Fsp3) is 0.741. The van der Waals surface area contributed by atoms with Crippen molar-refractivity contribution in [1.29, 1.82) is 0 Å². The number of rotatable bonds is 11. The van der Waals surface area contributed by atoms with E-state index >= 15 is 0 Å². The summed E-state index contributed by atoms with van der Waals surface area (Å²) in [6.45, 7) is 15.3. The number of nitrogens with zero attached hydrogens (tertiary/aromatic N) is 1. The molecular weight excluding hydrogens is 476 g/mol. The molecule has 5 atom stereocenters. The number of nitrogens with one attached hydrogen (secondary N) is 3. The van der Waals surface area contributed by atoms with Crippen molar-refractivity contribution >= 4 is 29.6 Å². The van der Waals surface area contributed by atoms with Gasteiger partial charge in [0.15, 0.2) is 0 Å². The van der Waals surface area contributed by atoms with E-state index in [1.54, 1.807) is 25.7 Å². The topological polar surface area (TPSA) is 134 Å². The van der Waals surface area contributed by atoms with Gasteiger partial charge in [-0.05, 0) is 63.2 Å². The molecular formula is C27H42N4O6. The number of ether oxygens (including phenoxy) is 1. The molecule has 206 valence electrons. The molecule has 1 unspecified atom stereocenters. The SMILES string of the molecule is C=CCNC(=O)C(=O)[C@@H](CCC)NC(=O)[C@@H]1[C@@H]2C(CN1C(=O)[C@@H](NC(=O)OC(C)(C)C)C1CC1)C2(C)C. The van der Waals surface area contributed by atoms with Gasteiger partial charge in [-0.15, -0.1) is 6.58 Å². The van der Waals surface area contributed by atoms with Gasteiger partial charge in [-0.25, -0.2) is 4.79 Å². The first-order valence-electron chi connectivity index (χ1n) is 13.3. The van der Waals surface area contributed by atoms with Crippen LogP contribution in [-0.4, -0.2) is 71.3 Å². The normalized spacial score (nSPS) is 25.2. The lowest BCUT2D eigenvalue weighted by Crippen LogP contribution is -2.58. The third-order valence-corrected chi connectivity index (χ3v) is 7.63. The van der Waals surface area contributed by atoms with Gasteiger partial charge in [0.1, 0.15) is 17.7 Å². The van der Waals surface area contributed by atoms with E-state index in [1.807, 2.05) is 6.92 Å². The zero-order valence-electron chi connectivity index (χ0n) is 22.9. The van der Waals surface area contributed by atoms with E-state index in [0.29, 0.717) is 19.4 Å². The van der Waals surface area contributed by atoms with Gasteiger partial charge in [-0.2, -0.15) is 0 Å². The first-order valence-corrected chi connectivity index (χ1v) is 13.3. The molecule has 0 radical (unpaired) electrons. The first kappa shape index (κ1) is 28.7. The zero-order valence-corrected chi connectivity index (χ0v) is 22.9. The zero-order chi connectivity index (χ0) is 27.7. The largest absolute Gasteiger partial charge is 0.444 e. The Kier molecular flexibility index (Phi) is 8.39. The molecule has 1 aliphatic heterocycles. The molecule has 4 amide bonds. The number of amides is 4. The third-order valence-electron chi connectivity index (χ3n) is 7.63. The maximum atomic E-state index is 13.7. The average molecular weight is 519 g/mol. The van der Waals surface area contributed by atoms with E-state index < -0.39 is 47.4 Å². The Morgan fingerprint density at radius 3 is 2.32 bits per heavy atom. The summed E-state index contributed by atoms with van der Waals surface area (Å²) in [5.74, 6) is -2.17. The van der Waals surface area contributed by atoms with E-state index in [9.17, 15) is 24.0 Å². The maximum Gasteiger partial charge on any atom is 0.408 e. The van der Waals surface area contributed by atoms with Crippen LogP contribution in [0.15, 0.2) is 12.7 Å². The second-order valence-electron chi connectivity index (χ2n) is 12.1. The molecule has 3 fully saturated rings. The quantitative estimate of drug-likeness (QED) is 0.283. The lowest BCUT2D eigenvalue weighted by Gasteiger charge is -2.34. The number of carbonyl (C=O) groups is 5. The van der Waals surface area contributed by atoms with Gasteiger partial charge in [0.2, 0.25) is 17.6 Å². The lowest BCUT2D eigenvalue weighted by atomic mass is 9.98. The Labute approximate surface area is 219 Å². The van der Waals surface area contributed by atoms with Crippen LogP contribution in [0.1, 0.15) is 67.2 Å². The predicted octanol–water partition coefficient (Wildman–Crippen LogP) is 1.93. The minimum Gasteiger partial charge on any atom is -0.444 e. The molecule has 1 heterocycles. The molecule has 0 aromatic rings. The summed E-state index contributed by atoms with van der Waals surface area (Å²) in [7, 11) is 0. The summed E-state index contributed by atoms with van der Waals surface area (Å²) in [4.78, 5) is 66.4. The summed E-state index contributed by atoms with van der Waals surface area (Å²) >= 11 is 0. The van der Waals surface area contributed by atoms with Crippen molar-refractivity contribution < 1.29 is 28.7 Å². The van der Waals surface area contributed by atoms with Gasteiger partial charge in [0.05, 0.1) is 6.04 Å². The molecule has 3 rings (SSSR count). The molecule has 2 saturated carbocycles. The molecule has 10 heteroatoms. The van der Waals surface area contributed by atoms with Crippen LogP contribution in [-0.2, 0) is 23.9 Å². The molecule has 0 spiro atoms. The molecule has 37 heavy (non-hydrogen) atoms. The number of hydrogen-bond acceptors (Lipinski definition) is 6. The van der Waals surface area contributed by atoms with Crippen LogP contribution in [0, 0.1) is 23.2 Å². The fourth-order valence-corrected chi connectivity index (χ4v) is 5.46. The maximum absolute atomic E-state index is 13.7. The monoisotopic (exact) mass is 518 g/mol. The number of alkyl carbamates (subject to hydrolysis) is 1. The molecule has 10 nitrogen and oxygen atoms in total. The van der Waals surface area contributed by atoms with Crippen molar-refractivity contribution in [1.82, 2.24) is 20.9 Å². The van der Waals surface area contributed by atoms with E-state index in [4.69, 9.17) is 4.74 Å². The molecule has 3 aliphatic rings. The highest BCUT2D eigenvalue weighted by Gasteiger charge is 2.70. The van der Waals surface area contributed by atoms with Crippen molar-refractivity contribution in [3.05, 3.63) is 12.7 Å². The van der Waals surface area contributed by atoms with Crippen molar-refractivity contribution in [2.75, 3.05) is 13.1 Å². The Morgan fingerprint density at radius 2 is 1.78 bits per heavy atom. The summed E-state index contributed by atoms with van der Waals surface area (Å²) < 4.78 is 5.37. The smallest absolute Gasteiger partial charge is 0.408 e. The summed E-state index contributed by atoms with van der Waals surface area (Å²) in [5.41, 5.74) is -0.834. The summed E-state index contributed by atoms with van der Waals surface area (Å²) in [5, 5.41) is 7.97.